The Kier molecular flexibility index (Phi) is 5.00. The van der Waals surface area contributed by atoms with Gasteiger partial charge >= 0.3 is 0 Å². The van der Waals surface area contributed by atoms with Crippen molar-refractivity contribution < 1.29 is 9.59 Å². The van der Waals surface area contributed by atoms with Crippen LogP contribution in [0.1, 0.15) is 37.0 Å². The quantitative estimate of drug-likeness (QED) is 0.856. The molecule has 120 valence electrons. The Balaban J connectivity index is 2.12. The number of rotatable bonds is 4. The van der Waals surface area contributed by atoms with Crippen LogP contribution >= 0.6 is 0 Å². The minimum atomic E-state index is -0.0766. The Bertz CT molecular complexity index is 564. The Morgan fingerprint density at radius 1 is 1.50 bits per heavy atom. The summed E-state index contributed by atoms with van der Waals surface area (Å²) in [6.45, 7) is 11.3. The Morgan fingerprint density at radius 3 is 2.77 bits per heavy atom. The lowest BCUT2D eigenvalue weighted by atomic mass is 9.99. The second-order valence-electron chi connectivity index (χ2n) is 5.93. The maximum absolute atomic E-state index is 12.6. The topological polar surface area (TPSA) is 69.3 Å². The van der Waals surface area contributed by atoms with Gasteiger partial charge in [-0.05, 0) is 24.5 Å². The van der Waals surface area contributed by atoms with E-state index in [0.29, 0.717) is 25.3 Å². The molecular formula is C16H24N4O2. The molecule has 0 unspecified atom stereocenters. The van der Waals surface area contributed by atoms with Crippen molar-refractivity contribution in [2.45, 2.75) is 33.2 Å². The van der Waals surface area contributed by atoms with Crippen LogP contribution in [0, 0.1) is 5.92 Å². The van der Waals surface area contributed by atoms with Gasteiger partial charge in [0.1, 0.15) is 5.69 Å². The highest BCUT2D eigenvalue weighted by Gasteiger charge is 2.34. The van der Waals surface area contributed by atoms with Crippen molar-refractivity contribution >= 4 is 11.8 Å². The molecule has 2 rings (SSSR count). The Morgan fingerprint density at radius 2 is 2.23 bits per heavy atom. The monoisotopic (exact) mass is 304 g/mol. The number of nitrogens with one attached hydrogen (secondary N) is 1. The molecule has 22 heavy (non-hydrogen) atoms. The molecular weight excluding hydrogens is 280 g/mol. The van der Waals surface area contributed by atoms with E-state index in [1.165, 1.54) is 6.08 Å². The zero-order valence-electron chi connectivity index (χ0n) is 13.5. The average molecular weight is 304 g/mol. The molecule has 6 heteroatoms. The van der Waals surface area contributed by atoms with Crippen LogP contribution < -0.4 is 0 Å². The van der Waals surface area contributed by atoms with Crippen molar-refractivity contribution in [3.8, 4) is 0 Å². The van der Waals surface area contributed by atoms with E-state index in [1.807, 2.05) is 11.8 Å². The third-order valence-electron chi connectivity index (χ3n) is 4.16. The van der Waals surface area contributed by atoms with Crippen LogP contribution in [-0.2, 0) is 11.2 Å². The summed E-state index contributed by atoms with van der Waals surface area (Å²) in [5, 5.41) is 6.96. The van der Waals surface area contributed by atoms with Crippen LogP contribution in [0.5, 0.6) is 0 Å². The van der Waals surface area contributed by atoms with Crippen molar-refractivity contribution in [3.05, 3.63) is 30.1 Å². The molecule has 0 spiro atoms. The molecule has 1 N–H and O–H groups in total. The lowest BCUT2D eigenvalue weighted by Gasteiger charge is -2.42. The number of carbonyl (C=O) groups excluding carboxylic acids is 2. The summed E-state index contributed by atoms with van der Waals surface area (Å²) in [6.07, 6.45) is 2.16. The first kappa shape index (κ1) is 16.3. The van der Waals surface area contributed by atoms with Crippen LogP contribution in [0.25, 0.3) is 0 Å². The van der Waals surface area contributed by atoms with Crippen LogP contribution in [0.15, 0.2) is 18.7 Å². The molecule has 1 aliphatic rings. The third-order valence-corrected chi connectivity index (χ3v) is 4.16. The van der Waals surface area contributed by atoms with Gasteiger partial charge in [-0.1, -0.05) is 27.4 Å². The molecule has 0 saturated carbocycles. The van der Waals surface area contributed by atoms with Gasteiger partial charge < -0.3 is 9.80 Å². The number of aryl methyl sites for hydroxylation is 1. The number of aromatic nitrogens is 2. The molecule has 1 fully saturated rings. The van der Waals surface area contributed by atoms with Crippen molar-refractivity contribution in [2.24, 2.45) is 5.92 Å². The number of carbonyl (C=O) groups is 2. The molecule has 1 aliphatic heterocycles. The van der Waals surface area contributed by atoms with Gasteiger partial charge in [-0.15, -0.1) is 0 Å². The predicted molar refractivity (Wildman–Crippen MR) is 84.4 cm³/mol. The van der Waals surface area contributed by atoms with Crippen molar-refractivity contribution in [3.63, 3.8) is 0 Å². The summed E-state index contributed by atoms with van der Waals surface area (Å²) in [6, 6.07) is 1.81. The summed E-state index contributed by atoms with van der Waals surface area (Å²) < 4.78 is 0. The molecule has 1 aromatic rings. The normalized spacial score (nSPS) is 18.6. The molecule has 2 amide bonds. The largest absolute Gasteiger partial charge is 0.333 e. The van der Waals surface area contributed by atoms with E-state index >= 15 is 0 Å². The van der Waals surface area contributed by atoms with Crippen molar-refractivity contribution in [1.82, 2.24) is 20.0 Å². The number of amides is 2. The van der Waals surface area contributed by atoms with Gasteiger partial charge in [-0.2, -0.15) is 5.10 Å². The molecule has 0 aromatic carbocycles. The van der Waals surface area contributed by atoms with E-state index in [0.717, 1.165) is 12.1 Å². The zero-order chi connectivity index (χ0) is 16.3. The van der Waals surface area contributed by atoms with Crippen LogP contribution in [0.2, 0.25) is 0 Å². The van der Waals surface area contributed by atoms with Gasteiger partial charge in [-0.25, -0.2) is 0 Å². The predicted octanol–water partition coefficient (Wildman–Crippen LogP) is 1.47. The Hall–Kier alpha value is -2.11. The van der Waals surface area contributed by atoms with Gasteiger partial charge in [-0.3, -0.25) is 14.7 Å². The molecule has 1 atom stereocenters. The van der Waals surface area contributed by atoms with Crippen molar-refractivity contribution in [2.75, 3.05) is 19.6 Å². The number of nitrogens with zero attached hydrogens (tertiary/aromatic N) is 3. The minimum absolute atomic E-state index is 0.00721. The molecule has 0 bridgehead atoms. The fourth-order valence-corrected chi connectivity index (χ4v) is 2.77. The standard InChI is InChI=1S/C16H24N4O2/c1-5-12-9-13(18-17-12)16(22)19-7-8-20(15(21)6-2)14(10-19)11(3)4/h6,9,11,14H,2,5,7-8,10H2,1,3-4H3,(H,17,18)/t14-/m1/s1. The molecule has 1 saturated heterocycles. The van der Waals surface area contributed by atoms with E-state index in [2.05, 4.69) is 30.6 Å². The van der Waals surface area contributed by atoms with E-state index in [1.54, 1.807) is 11.0 Å². The zero-order valence-corrected chi connectivity index (χ0v) is 13.5. The second-order valence-corrected chi connectivity index (χ2v) is 5.93. The smallest absolute Gasteiger partial charge is 0.274 e. The van der Waals surface area contributed by atoms with Gasteiger partial charge in [0, 0.05) is 25.3 Å². The van der Waals surface area contributed by atoms with E-state index in [-0.39, 0.29) is 23.8 Å². The molecule has 0 radical (unpaired) electrons. The minimum Gasteiger partial charge on any atom is -0.333 e. The highest BCUT2D eigenvalue weighted by Crippen LogP contribution is 2.19. The SMILES string of the molecule is C=CC(=O)N1CCN(C(=O)c2cc(CC)[nH]n2)C[C@@H]1C(C)C. The van der Waals surface area contributed by atoms with Gasteiger partial charge in [0.25, 0.3) is 5.91 Å². The van der Waals surface area contributed by atoms with Gasteiger partial charge in [0.05, 0.1) is 6.04 Å². The highest BCUT2D eigenvalue weighted by atomic mass is 16.2. The lowest BCUT2D eigenvalue weighted by molar-refractivity contribution is -0.131. The van der Waals surface area contributed by atoms with E-state index in [4.69, 9.17) is 0 Å². The van der Waals surface area contributed by atoms with Crippen LogP contribution in [0.3, 0.4) is 0 Å². The summed E-state index contributed by atoms with van der Waals surface area (Å²) in [5.41, 5.74) is 1.40. The number of aromatic amines is 1. The van der Waals surface area contributed by atoms with Crippen LogP contribution in [0.4, 0.5) is 0 Å². The lowest BCUT2D eigenvalue weighted by Crippen LogP contribution is -2.58. The second kappa shape index (κ2) is 6.77. The fourth-order valence-electron chi connectivity index (χ4n) is 2.77. The average Bonchev–Trinajstić information content (AvgIpc) is 3.01. The fraction of sp³-hybridized carbons (Fsp3) is 0.562. The summed E-state index contributed by atoms with van der Waals surface area (Å²) in [4.78, 5) is 28.1. The third kappa shape index (κ3) is 3.21. The van der Waals surface area contributed by atoms with Gasteiger partial charge in [0.15, 0.2) is 0 Å². The first-order chi connectivity index (χ1) is 10.5. The molecule has 1 aromatic heterocycles. The summed E-state index contributed by atoms with van der Waals surface area (Å²) in [7, 11) is 0. The maximum atomic E-state index is 12.6. The number of hydrogen-bond acceptors (Lipinski definition) is 3. The molecule has 6 nitrogen and oxygen atoms in total. The molecule has 2 heterocycles. The number of hydrogen-bond donors (Lipinski definition) is 1. The van der Waals surface area contributed by atoms with Crippen LogP contribution in [-0.4, -0.2) is 57.5 Å². The molecule has 0 aliphatic carbocycles. The van der Waals surface area contributed by atoms with E-state index < -0.39 is 0 Å². The summed E-state index contributed by atoms with van der Waals surface area (Å²) >= 11 is 0. The van der Waals surface area contributed by atoms with Crippen molar-refractivity contribution in [1.29, 1.82) is 0 Å². The highest BCUT2D eigenvalue weighted by molar-refractivity contribution is 5.93. The van der Waals surface area contributed by atoms with Gasteiger partial charge in [0.2, 0.25) is 5.91 Å². The summed E-state index contributed by atoms with van der Waals surface area (Å²) in [5.74, 6) is 0.121. The Labute approximate surface area is 131 Å². The maximum Gasteiger partial charge on any atom is 0.274 e. The number of piperazine rings is 1. The first-order valence-electron chi connectivity index (χ1n) is 7.74. The van der Waals surface area contributed by atoms with E-state index in [9.17, 15) is 9.59 Å². The first-order valence-corrected chi connectivity index (χ1v) is 7.74. The number of H-pyrrole nitrogens is 1.